The van der Waals surface area contributed by atoms with Gasteiger partial charge >= 0.3 is 0 Å². The van der Waals surface area contributed by atoms with Gasteiger partial charge in [-0.2, -0.15) is 0 Å². The van der Waals surface area contributed by atoms with Gasteiger partial charge < -0.3 is 15.4 Å². The second-order valence-corrected chi connectivity index (χ2v) is 4.30. The van der Waals surface area contributed by atoms with Crippen molar-refractivity contribution in [2.45, 2.75) is 19.4 Å². The third-order valence-corrected chi connectivity index (χ3v) is 2.91. The normalized spacial score (nSPS) is 12.2. The smallest absolute Gasteiger partial charge is 0.282 e. The molecule has 1 aromatic rings. The number of nitrogens with zero attached hydrogens (tertiary/aromatic N) is 2. The van der Waals surface area contributed by atoms with E-state index in [0.29, 0.717) is 16.7 Å². The number of carbonyl (C=O) groups excluding carboxylic acids is 1. The summed E-state index contributed by atoms with van der Waals surface area (Å²) >= 11 is 1.23. The van der Waals surface area contributed by atoms with Gasteiger partial charge in [-0.15, -0.1) is 10.2 Å². The van der Waals surface area contributed by atoms with E-state index in [2.05, 4.69) is 20.8 Å². The van der Waals surface area contributed by atoms with Gasteiger partial charge in [0.1, 0.15) is 0 Å². The molecule has 90 valence electrons. The summed E-state index contributed by atoms with van der Waals surface area (Å²) in [7, 11) is 3.38. The maximum Gasteiger partial charge on any atom is 0.282 e. The van der Waals surface area contributed by atoms with Gasteiger partial charge in [0.15, 0.2) is 0 Å². The number of anilines is 1. The van der Waals surface area contributed by atoms with E-state index in [-0.39, 0.29) is 11.9 Å². The highest BCUT2D eigenvalue weighted by Crippen LogP contribution is 2.13. The van der Waals surface area contributed by atoms with Crippen molar-refractivity contribution in [1.82, 2.24) is 15.5 Å². The zero-order valence-corrected chi connectivity index (χ0v) is 10.4. The summed E-state index contributed by atoms with van der Waals surface area (Å²) < 4.78 is 4.93. The van der Waals surface area contributed by atoms with Gasteiger partial charge in [-0.3, -0.25) is 4.79 Å². The molecular weight excluding hydrogens is 228 g/mol. The number of amides is 1. The van der Waals surface area contributed by atoms with Crippen molar-refractivity contribution >= 4 is 22.4 Å². The lowest BCUT2D eigenvalue weighted by Gasteiger charge is -2.11. The minimum Gasteiger partial charge on any atom is -0.385 e. The number of ether oxygens (including phenoxy) is 1. The highest BCUT2D eigenvalue weighted by Gasteiger charge is 2.14. The lowest BCUT2D eigenvalue weighted by atomic mass is 10.2. The SMILES string of the molecule is CNc1nnc(C(=O)NC(C)CCOC)s1. The molecule has 7 heteroatoms. The highest BCUT2D eigenvalue weighted by atomic mass is 32.1. The van der Waals surface area contributed by atoms with E-state index in [1.54, 1.807) is 14.2 Å². The minimum atomic E-state index is -0.192. The third-order valence-electron chi connectivity index (χ3n) is 1.97. The highest BCUT2D eigenvalue weighted by molar-refractivity contribution is 7.17. The molecule has 0 bridgehead atoms. The second kappa shape index (κ2) is 6.39. The van der Waals surface area contributed by atoms with Crippen LogP contribution in [0.25, 0.3) is 0 Å². The van der Waals surface area contributed by atoms with E-state index in [4.69, 9.17) is 4.74 Å². The summed E-state index contributed by atoms with van der Waals surface area (Å²) in [6, 6.07) is 0.0642. The molecule has 0 aromatic carbocycles. The lowest BCUT2D eigenvalue weighted by molar-refractivity contribution is 0.0928. The van der Waals surface area contributed by atoms with Gasteiger partial charge in [0.25, 0.3) is 5.91 Å². The topological polar surface area (TPSA) is 76.1 Å². The van der Waals surface area contributed by atoms with Crippen LogP contribution in [-0.2, 0) is 4.74 Å². The van der Waals surface area contributed by atoms with Crippen LogP contribution in [0.15, 0.2) is 0 Å². The predicted octanol–water partition coefficient (Wildman–Crippen LogP) is 0.735. The van der Waals surface area contributed by atoms with Crippen LogP contribution in [0.3, 0.4) is 0 Å². The first-order valence-electron chi connectivity index (χ1n) is 4.98. The lowest BCUT2D eigenvalue weighted by Crippen LogP contribution is -2.33. The zero-order valence-electron chi connectivity index (χ0n) is 9.61. The number of rotatable bonds is 6. The summed E-state index contributed by atoms with van der Waals surface area (Å²) in [6.45, 7) is 2.55. The molecule has 1 atom stereocenters. The molecular formula is C9H16N4O2S. The van der Waals surface area contributed by atoms with Gasteiger partial charge in [0, 0.05) is 26.8 Å². The Hall–Kier alpha value is -1.21. The van der Waals surface area contributed by atoms with E-state index >= 15 is 0 Å². The number of methoxy groups -OCH3 is 1. The Labute approximate surface area is 98.4 Å². The zero-order chi connectivity index (χ0) is 12.0. The quantitative estimate of drug-likeness (QED) is 0.771. The Bertz CT molecular complexity index is 342. The van der Waals surface area contributed by atoms with Gasteiger partial charge in [0.2, 0.25) is 10.1 Å². The first kappa shape index (κ1) is 12.9. The van der Waals surface area contributed by atoms with Crippen molar-refractivity contribution in [3.8, 4) is 0 Å². The number of hydrogen-bond acceptors (Lipinski definition) is 6. The predicted molar refractivity (Wildman–Crippen MR) is 62.9 cm³/mol. The molecule has 1 heterocycles. The minimum absolute atomic E-state index is 0.0642. The molecule has 0 aliphatic carbocycles. The van der Waals surface area contributed by atoms with E-state index in [0.717, 1.165) is 6.42 Å². The average molecular weight is 244 g/mol. The van der Waals surface area contributed by atoms with Crippen LogP contribution in [0.1, 0.15) is 23.1 Å². The molecule has 6 nitrogen and oxygen atoms in total. The van der Waals surface area contributed by atoms with Crippen molar-refractivity contribution in [3.05, 3.63) is 5.01 Å². The van der Waals surface area contributed by atoms with Crippen LogP contribution in [0.4, 0.5) is 5.13 Å². The number of carbonyl (C=O) groups is 1. The fourth-order valence-electron chi connectivity index (χ4n) is 1.07. The van der Waals surface area contributed by atoms with Crippen molar-refractivity contribution in [2.24, 2.45) is 0 Å². The fraction of sp³-hybridized carbons (Fsp3) is 0.667. The molecule has 1 aromatic heterocycles. The van der Waals surface area contributed by atoms with Gasteiger partial charge in [-0.05, 0) is 13.3 Å². The van der Waals surface area contributed by atoms with E-state index in [9.17, 15) is 4.79 Å². The second-order valence-electron chi connectivity index (χ2n) is 3.32. The Balaban J connectivity index is 2.45. The molecule has 0 aliphatic rings. The summed E-state index contributed by atoms with van der Waals surface area (Å²) in [5.41, 5.74) is 0. The Morgan fingerprint density at radius 3 is 2.88 bits per heavy atom. The molecule has 0 radical (unpaired) electrons. The largest absolute Gasteiger partial charge is 0.385 e. The van der Waals surface area contributed by atoms with Crippen LogP contribution in [0.2, 0.25) is 0 Å². The molecule has 1 rings (SSSR count). The van der Waals surface area contributed by atoms with Gasteiger partial charge in [0.05, 0.1) is 0 Å². The summed E-state index contributed by atoms with van der Waals surface area (Å²) in [5.74, 6) is -0.192. The molecule has 16 heavy (non-hydrogen) atoms. The molecule has 0 saturated heterocycles. The van der Waals surface area contributed by atoms with Crippen LogP contribution < -0.4 is 10.6 Å². The fourth-order valence-corrected chi connectivity index (χ4v) is 1.67. The molecule has 2 N–H and O–H groups in total. The number of nitrogens with one attached hydrogen (secondary N) is 2. The molecule has 0 saturated carbocycles. The van der Waals surface area contributed by atoms with Crippen molar-refractivity contribution < 1.29 is 9.53 Å². The maximum absolute atomic E-state index is 11.7. The first-order valence-corrected chi connectivity index (χ1v) is 5.80. The molecule has 1 unspecified atom stereocenters. The molecule has 0 fully saturated rings. The Morgan fingerprint density at radius 1 is 1.56 bits per heavy atom. The molecule has 1 amide bonds. The average Bonchev–Trinajstić information content (AvgIpc) is 2.74. The van der Waals surface area contributed by atoms with Crippen LogP contribution in [0.5, 0.6) is 0 Å². The van der Waals surface area contributed by atoms with Crippen LogP contribution >= 0.6 is 11.3 Å². The van der Waals surface area contributed by atoms with Crippen molar-refractivity contribution in [3.63, 3.8) is 0 Å². The summed E-state index contributed by atoms with van der Waals surface area (Å²) in [6.07, 6.45) is 0.778. The van der Waals surface area contributed by atoms with Crippen molar-refractivity contribution in [1.29, 1.82) is 0 Å². The van der Waals surface area contributed by atoms with Crippen molar-refractivity contribution in [2.75, 3.05) is 26.1 Å². The van der Waals surface area contributed by atoms with E-state index < -0.39 is 0 Å². The molecule has 0 spiro atoms. The van der Waals surface area contributed by atoms with E-state index in [1.165, 1.54) is 11.3 Å². The summed E-state index contributed by atoms with van der Waals surface area (Å²) in [5, 5.41) is 14.2. The maximum atomic E-state index is 11.7. The van der Waals surface area contributed by atoms with Crippen LogP contribution in [-0.4, -0.2) is 42.9 Å². The first-order chi connectivity index (χ1) is 7.67. The molecule has 0 aliphatic heterocycles. The summed E-state index contributed by atoms with van der Waals surface area (Å²) in [4.78, 5) is 11.7. The van der Waals surface area contributed by atoms with Crippen LogP contribution in [0, 0.1) is 0 Å². The van der Waals surface area contributed by atoms with Gasteiger partial charge in [-0.25, -0.2) is 0 Å². The third kappa shape index (κ3) is 3.74. The van der Waals surface area contributed by atoms with Gasteiger partial charge in [-0.1, -0.05) is 11.3 Å². The standard InChI is InChI=1S/C9H16N4O2S/c1-6(4-5-15-3)11-7(14)8-12-13-9(10-2)16-8/h6H,4-5H2,1-3H3,(H,10,13)(H,11,14). The number of hydrogen-bond donors (Lipinski definition) is 2. The Morgan fingerprint density at radius 2 is 2.31 bits per heavy atom. The number of aromatic nitrogens is 2. The monoisotopic (exact) mass is 244 g/mol. The van der Waals surface area contributed by atoms with E-state index in [1.807, 2.05) is 6.92 Å². The Kier molecular flexibility index (Phi) is 5.13.